The highest BCUT2D eigenvalue weighted by molar-refractivity contribution is 6.33. The molecule has 0 aliphatic carbocycles. The highest BCUT2D eigenvalue weighted by Gasteiger charge is 2.13. The minimum Gasteiger partial charge on any atom is -0.392 e. The van der Waals surface area contributed by atoms with Crippen molar-refractivity contribution in [1.82, 2.24) is 0 Å². The second-order valence-electron chi connectivity index (χ2n) is 5.00. The van der Waals surface area contributed by atoms with E-state index in [1.807, 2.05) is 6.07 Å². The van der Waals surface area contributed by atoms with E-state index in [0.29, 0.717) is 18.1 Å². The molecule has 2 aromatic carbocycles. The second kappa shape index (κ2) is 8.13. The summed E-state index contributed by atoms with van der Waals surface area (Å²) in [7, 11) is 1.64. The fourth-order valence-corrected chi connectivity index (χ4v) is 2.39. The van der Waals surface area contributed by atoms with Crippen molar-refractivity contribution < 1.29 is 14.2 Å². The number of benzene rings is 2. The van der Waals surface area contributed by atoms with Gasteiger partial charge < -0.3 is 15.2 Å². The Hall–Kier alpha value is -1.62. The van der Waals surface area contributed by atoms with Crippen LogP contribution in [0.15, 0.2) is 42.5 Å². The molecule has 2 aromatic rings. The van der Waals surface area contributed by atoms with Gasteiger partial charge in [0.1, 0.15) is 5.82 Å². The van der Waals surface area contributed by atoms with Crippen molar-refractivity contribution in [2.24, 2.45) is 0 Å². The minimum atomic E-state index is -0.269. The summed E-state index contributed by atoms with van der Waals surface area (Å²) in [6, 6.07) is 11.6. The number of hydrogen-bond acceptors (Lipinski definition) is 3. The van der Waals surface area contributed by atoms with E-state index in [-0.39, 0.29) is 18.5 Å². The Morgan fingerprint density at radius 3 is 2.59 bits per heavy atom. The summed E-state index contributed by atoms with van der Waals surface area (Å²) in [4.78, 5) is 0. The van der Waals surface area contributed by atoms with Crippen LogP contribution in [0.3, 0.4) is 0 Å². The van der Waals surface area contributed by atoms with E-state index in [0.717, 1.165) is 16.8 Å². The van der Waals surface area contributed by atoms with Crippen LogP contribution < -0.4 is 5.32 Å². The zero-order valence-electron chi connectivity index (χ0n) is 12.4. The quantitative estimate of drug-likeness (QED) is 0.804. The first-order valence-corrected chi connectivity index (χ1v) is 7.42. The van der Waals surface area contributed by atoms with Gasteiger partial charge in [-0.2, -0.15) is 0 Å². The molecule has 0 amide bonds. The van der Waals surface area contributed by atoms with E-state index >= 15 is 0 Å². The third-order valence-electron chi connectivity index (χ3n) is 3.43. The molecule has 0 saturated carbocycles. The van der Waals surface area contributed by atoms with Crippen LogP contribution in [0.5, 0.6) is 0 Å². The maximum absolute atomic E-state index is 13.1. The molecule has 0 bridgehead atoms. The fraction of sp³-hybridized carbons (Fsp3) is 0.294. The van der Waals surface area contributed by atoms with Gasteiger partial charge in [0.15, 0.2) is 0 Å². The number of aliphatic hydroxyl groups excluding tert-OH is 1. The number of anilines is 1. The number of halogens is 2. The average molecular weight is 324 g/mol. The molecule has 3 nitrogen and oxygen atoms in total. The lowest BCUT2D eigenvalue weighted by atomic mass is 10.0. The van der Waals surface area contributed by atoms with Crippen molar-refractivity contribution in [3.05, 3.63) is 64.4 Å². The average Bonchev–Trinajstić information content (AvgIpc) is 2.54. The zero-order chi connectivity index (χ0) is 15.9. The smallest absolute Gasteiger partial charge is 0.123 e. The topological polar surface area (TPSA) is 41.5 Å². The third kappa shape index (κ3) is 4.44. The molecule has 2 N–H and O–H groups in total. The number of methoxy groups -OCH3 is 1. The molecule has 0 aromatic heterocycles. The maximum atomic E-state index is 13.1. The van der Waals surface area contributed by atoms with Crippen LogP contribution in [0.2, 0.25) is 5.02 Å². The molecule has 1 atom stereocenters. The molecule has 0 heterocycles. The first-order chi connectivity index (χ1) is 10.6. The predicted octanol–water partition coefficient (Wildman–Crippen LogP) is 4.16. The molecule has 0 saturated heterocycles. The largest absolute Gasteiger partial charge is 0.392 e. The molecule has 118 valence electrons. The summed E-state index contributed by atoms with van der Waals surface area (Å²) in [5, 5.41) is 13.2. The van der Waals surface area contributed by atoms with Gasteiger partial charge in [0.2, 0.25) is 0 Å². The summed E-state index contributed by atoms with van der Waals surface area (Å²) in [5.41, 5.74) is 2.46. The van der Waals surface area contributed by atoms with Crippen molar-refractivity contribution in [2.75, 3.05) is 19.0 Å². The number of hydrogen-bond donors (Lipinski definition) is 2. The van der Waals surface area contributed by atoms with Crippen LogP contribution in [0, 0.1) is 5.82 Å². The van der Waals surface area contributed by atoms with Gasteiger partial charge in [-0.05, 0) is 41.8 Å². The Kier molecular flexibility index (Phi) is 6.19. The van der Waals surface area contributed by atoms with Crippen LogP contribution >= 0.6 is 11.6 Å². The molecule has 2 rings (SSSR count). The Morgan fingerprint density at radius 2 is 1.95 bits per heavy atom. The Morgan fingerprint density at radius 1 is 1.23 bits per heavy atom. The van der Waals surface area contributed by atoms with E-state index in [1.165, 1.54) is 12.1 Å². The van der Waals surface area contributed by atoms with Gasteiger partial charge in [0.25, 0.3) is 0 Å². The monoisotopic (exact) mass is 323 g/mol. The van der Waals surface area contributed by atoms with Crippen molar-refractivity contribution in [1.29, 1.82) is 0 Å². The summed E-state index contributed by atoms with van der Waals surface area (Å²) in [5.74, 6) is -0.269. The Labute approximate surface area is 134 Å². The number of rotatable bonds is 7. The summed E-state index contributed by atoms with van der Waals surface area (Å²) in [6.07, 6.45) is 0.710. The first kappa shape index (κ1) is 16.7. The predicted molar refractivity (Wildman–Crippen MR) is 86.6 cm³/mol. The van der Waals surface area contributed by atoms with Crippen molar-refractivity contribution in [3.8, 4) is 0 Å². The normalized spacial score (nSPS) is 12.2. The molecule has 0 radical (unpaired) electrons. The van der Waals surface area contributed by atoms with Crippen LogP contribution in [-0.2, 0) is 11.3 Å². The van der Waals surface area contributed by atoms with Gasteiger partial charge in [-0.3, -0.25) is 0 Å². The summed E-state index contributed by atoms with van der Waals surface area (Å²) in [6.45, 7) is 0.511. The number of ether oxygens (including phenoxy) is 1. The van der Waals surface area contributed by atoms with Crippen LogP contribution in [0.25, 0.3) is 0 Å². The maximum Gasteiger partial charge on any atom is 0.123 e. The lowest BCUT2D eigenvalue weighted by Gasteiger charge is -2.21. The zero-order valence-corrected chi connectivity index (χ0v) is 13.1. The van der Waals surface area contributed by atoms with Crippen molar-refractivity contribution in [3.63, 3.8) is 0 Å². The Balaban J connectivity index is 2.24. The van der Waals surface area contributed by atoms with Crippen LogP contribution in [-0.4, -0.2) is 18.8 Å². The lowest BCUT2D eigenvalue weighted by molar-refractivity contribution is 0.190. The first-order valence-electron chi connectivity index (χ1n) is 7.04. The van der Waals surface area contributed by atoms with E-state index in [1.54, 1.807) is 31.4 Å². The minimum absolute atomic E-state index is 0.0505. The van der Waals surface area contributed by atoms with Crippen molar-refractivity contribution >= 4 is 17.3 Å². The highest BCUT2D eigenvalue weighted by atomic mass is 35.5. The summed E-state index contributed by atoms with van der Waals surface area (Å²) >= 11 is 6.21. The van der Waals surface area contributed by atoms with Gasteiger partial charge in [-0.25, -0.2) is 4.39 Å². The highest BCUT2D eigenvalue weighted by Crippen LogP contribution is 2.29. The van der Waals surface area contributed by atoms with Crippen LogP contribution in [0.1, 0.15) is 23.6 Å². The lowest BCUT2D eigenvalue weighted by Crippen LogP contribution is -2.13. The van der Waals surface area contributed by atoms with Crippen LogP contribution in [0.4, 0.5) is 10.1 Å². The number of aliphatic hydroxyl groups is 1. The van der Waals surface area contributed by atoms with E-state index in [2.05, 4.69) is 5.32 Å². The number of nitrogens with one attached hydrogen (secondary N) is 1. The molecular formula is C17H19ClFNO2. The van der Waals surface area contributed by atoms with Gasteiger partial charge in [-0.15, -0.1) is 0 Å². The van der Waals surface area contributed by atoms with Gasteiger partial charge in [0.05, 0.1) is 23.4 Å². The van der Waals surface area contributed by atoms with E-state index in [9.17, 15) is 9.50 Å². The molecule has 0 aliphatic rings. The standard InChI is InChI=1S/C17H19ClFNO2/c1-22-9-8-16(13-3-5-14(19)6-4-13)20-17-10-12(11-21)2-7-15(17)18/h2-7,10,16,20-21H,8-9,11H2,1H3. The van der Waals surface area contributed by atoms with Crippen molar-refractivity contribution in [2.45, 2.75) is 19.1 Å². The molecule has 0 spiro atoms. The van der Waals surface area contributed by atoms with E-state index < -0.39 is 0 Å². The molecule has 5 heteroatoms. The van der Waals surface area contributed by atoms with E-state index in [4.69, 9.17) is 16.3 Å². The third-order valence-corrected chi connectivity index (χ3v) is 3.76. The summed E-state index contributed by atoms with van der Waals surface area (Å²) < 4.78 is 18.2. The Bertz CT molecular complexity index is 604. The van der Waals surface area contributed by atoms with Gasteiger partial charge in [-0.1, -0.05) is 29.8 Å². The van der Waals surface area contributed by atoms with Gasteiger partial charge in [0, 0.05) is 13.7 Å². The van der Waals surface area contributed by atoms with Gasteiger partial charge >= 0.3 is 0 Å². The molecule has 1 unspecified atom stereocenters. The second-order valence-corrected chi connectivity index (χ2v) is 5.41. The molecule has 22 heavy (non-hydrogen) atoms. The SMILES string of the molecule is COCCC(Nc1cc(CO)ccc1Cl)c1ccc(F)cc1. The molecule has 0 fully saturated rings. The molecular weight excluding hydrogens is 305 g/mol. The molecule has 0 aliphatic heterocycles. The fourth-order valence-electron chi connectivity index (χ4n) is 2.22.